The van der Waals surface area contributed by atoms with Crippen LogP contribution in [-0.4, -0.2) is 21.0 Å². The van der Waals surface area contributed by atoms with Crippen molar-refractivity contribution in [2.75, 3.05) is 0 Å². The summed E-state index contributed by atoms with van der Waals surface area (Å²) in [5.41, 5.74) is 1.42. The van der Waals surface area contributed by atoms with Crippen LogP contribution in [0.3, 0.4) is 0 Å². The van der Waals surface area contributed by atoms with Crippen molar-refractivity contribution in [1.82, 2.24) is 15.2 Å². The highest BCUT2D eigenvalue weighted by atomic mass is 19.1. The highest BCUT2D eigenvalue weighted by molar-refractivity contribution is 6.07. The summed E-state index contributed by atoms with van der Waals surface area (Å²) in [5.74, 6) is -0.961. The lowest BCUT2D eigenvalue weighted by molar-refractivity contribution is 0.102. The Bertz CT molecular complexity index is 511. The van der Waals surface area contributed by atoms with Gasteiger partial charge in [-0.2, -0.15) is 5.10 Å². The molecular formula is C11H10FN3O. The van der Waals surface area contributed by atoms with E-state index in [1.54, 1.807) is 19.9 Å². The van der Waals surface area contributed by atoms with Crippen LogP contribution in [-0.2, 0) is 0 Å². The van der Waals surface area contributed by atoms with Gasteiger partial charge in [0.1, 0.15) is 12.1 Å². The second kappa shape index (κ2) is 3.84. The zero-order chi connectivity index (χ0) is 11.7. The van der Waals surface area contributed by atoms with Gasteiger partial charge in [0.05, 0.1) is 5.56 Å². The van der Waals surface area contributed by atoms with E-state index in [-0.39, 0.29) is 11.4 Å². The van der Waals surface area contributed by atoms with E-state index in [0.29, 0.717) is 5.56 Å². The first kappa shape index (κ1) is 10.5. The fourth-order valence-corrected chi connectivity index (χ4v) is 1.64. The Labute approximate surface area is 91.5 Å². The van der Waals surface area contributed by atoms with E-state index in [4.69, 9.17) is 0 Å². The number of aromatic amines is 1. The number of carbonyl (C=O) groups excluding carboxylic acids is 1. The molecular weight excluding hydrogens is 209 g/mol. The van der Waals surface area contributed by atoms with Crippen LogP contribution in [0.5, 0.6) is 0 Å². The first-order valence-corrected chi connectivity index (χ1v) is 4.76. The summed E-state index contributed by atoms with van der Waals surface area (Å²) >= 11 is 0. The van der Waals surface area contributed by atoms with Crippen molar-refractivity contribution in [2.24, 2.45) is 0 Å². The minimum atomic E-state index is -0.529. The lowest BCUT2D eigenvalue weighted by atomic mass is 10.0. The third kappa shape index (κ3) is 1.71. The largest absolute Gasteiger partial charge is 0.285 e. The number of hydrogen-bond acceptors (Lipinski definition) is 3. The summed E-state index contributed by atoms with van der Waals surface area (Å²) in [6, 6.07) is 3.09. The van der Waals surface area contributed by atoms with Crippen LogP contribution in [0, 0.1) is 19.7 Å². The minimum absolute atomic E-state index is 0.0438. The number of nitrogens with one attached hydrogen (secondary N) is 1. The van der Waals surface area contributed by atoms with Crippen molar-refractivity contribution in [3.8, 4) is 0 Å². The summed E-state index contributed by atoms with van der Waals surface area (Å²) in [4.78, 5) is 15.6. The highest BCUT2D eigenvalue weighted by Crippen LogP contribution is 2.17. The van der Waals surface area contributed by atoms with Gasteiger partial charge in [0.2, 0.25) is 5.78 Å². The maximum atomic E-state index is 13.7. The van der Waals surface area contributed by atoms with Gasteiger partial charge in [-0.25, -0.2) is 9.37 Å². The van der Waals surface area contributed by atoms with Gasteiger partial charge in [-0.1, -0.05) is 6.07 Å². The molecule has 0 bridgehead atoms. The average Bonchev–Trinajstić information content (AvgIpc) is 2.67. The van der Waals surface area contributed by atoms with Crippen LogP contribution < -0.4 is 0 Å². The monoisotopic (exact) mass is 219 g/mol. The first-order chi connectivity index (χ1) is 7.59. The van der Waals surface area contributed by atoms with Gasteiger partial charge in [-0.3, -0.25) is 9.89 Å². The number of halogens is 1. The lowest BCUT2D eigenvalue weighted by Gasteiger charge is -2.05. The Morgan fingerprint density at radius 2 is 2.12 bits per heavy atom. The molecule has 16 heavy (non-hydrogen) atoms. The van der Waals surface area contributed by atoms with Crippen LogP contribution in [0.25, 0.3) is 0 Å². The van der Waals surface area contributed by atoms with Gasteiger partial charge in [-0.05, 0) is 31.0 Å². The molecule has 0 aliphatic carbocycles. The number of aryl methyl sites for hydroxylation is 2. The Kier molecular flexibility index (Phi) is 2.52. The van der Waals surface area contributed by atoms with Gasteiger partial charge < -0.3 is 0 Å². The molecule has 1 heterocycles. The molecule has 0 atom stereocenters. The average molecular weight is 219 g/mol. The SMILES string of the molecule is Cc1cc(C)c(C(=O)c2ncn[nH]2)c(F)c1. The molecule has 1 aromatic carbocycles. The number of carbonyl (C=O) groups is 1. The number of nitrogens with zero attached hydrogens (tertiary/aromatic N) is 2. The molecule has 4 nitrogen and oxygen atoms in total. The topological polar surface area (TPSA) is 58.6 Å². The van der Waals surface area contributed by atoms with Crippen LogP contribution in [0.4, 0.5) is 4.39 Å². The Hall–Kier alpha value is -2.04. The molecule has 2 rings (SSSR count). The van der Waals surface area contributed by atoms with E-state index in [0.717, 1.165) is 5.56 Å². The van der Waals surface area contributed by atoms with Gasteiger partial charge in [-0.15, -0.1) is 0 Å². The molecule has 0 aliphatic heterocycles. The zero-order valence-electron chi connectivity index (χ0n) is 8.91. The van der Waals surface area contributed by atoms with Gasteiger partial charge >= 0.3 is 0 Å². The number of benzene rings is 1. The van der Waals surface area contributed by atoms with E-state index < -0.39 is 11.6 Å². The Morgan fingerprint density at radius 1 is 1.38 bits per heavy atom. The summed E-state index contributed by atoms with van der Waals surface area (Å²) in [7, 11) is 0. The Morgan fingerprint density at radius 3 is 2.69 bits per heavy atom. The highest BCUT2D eigenvalue weighted by Gasteiger charge is 2.19. The standard InChI is InChI=1S/C11H10FN3O/c1-6-3-7(2)9(8(12)4-6)10(16)11-13-5-14-15-11/h3-5H,1-2H3,(H,13,14,15). The predicted molar refractivity (Wildman–Crippen MR) is 55.7 cm³/mol. The van der Waals surface area contributed by atoms with E-state index in [1.807, 2.05) is 0 Å². The molecule has 2 aromatic rings. The maximum Gasteiger partial charge on any atom is 0.232 e. The van der Waals surface area contributed by atoms with Crippen LogP contribution in [0.1, 0.15) is 27.3 Å². The molecule has 1 aromatic heterocycles. The quantitative estimate of drug-likeness (QED) is 0.783. The van der Waals surface area contributed by atoms with Crippen LogP contribution in [0.15, 0.2) is 18.5 Å². The third-order valence-corrected chi connectivity index (χ3v) is 2.29. The third-order valence-electron chi connectivity index (χ3n) is 2.29. The lowest BCUT2D eigenvalue weighted by Crippen LogP contribution is -2.09. The molecule has 0 amide bonds. The van der Waals surface area contributed by atoms with Crippen molar-refractivity contribution in [1.29, 1.82) is 0 Å². The van der Waals surface area contributed by atoms with E-state index in [2.05, 4.69) is 15.2 Å². The smallest absolute Gasteiger partial charge is 0.232 e. The second-order valence-corrected chi connectivity index (χ2v) is 3.60. The fraction of sp³-hybridized carbons (Fsp3) is 0.182. The molecule has 0 unspecified atom stereocenters. The summed E-state index contributed by atoms with van der Waals surface area (Å²) in [6.45, 7) is 3.47. The molecule has 82 valence electrons. The molecule has 0 saturated heterocycles. The fourth-order valence-electron chi connectivity index (χ4n) is 1.64. The zero-order valence-corrected chi connectivity index (χ0v) is 8.91. The van der Waals surface area contributed by atoms with Crippen molar-refractivity contribution in [2.45, 2.75) is 13.8 Å². The number of ketones is 1. The molecule has 0 saturated carbocycles. The Balaban J connectivity index is 2.53. The molecule has 0 aliphatic rings. The van der Waals surface area contributed by atoms with Gasteiger partial charge in [0, 0.05) is 0 Å². The van der Waals surface area contributed by atoms with Crippen molar-refractivity contribution >= 4 is 5.78 Å². The number of H-pyrrole nitrogens is 1. The van der Waals surface area contributed by atoms with Gasteiger partial charge in [0.25, 0.3) is 0 Å². The molecule has 0 radical (unpaired) electrons. The van der Waals surface area contributed by atoms with Crippen LogP contribution in [0.2, 0.25) is 0 Å². The molecule has 0 spiro atoms. The van der Waals surface area contributed by atoms with Gasteiger partial charge in [0.15, 0.2) is 5.82 Å². The molecule has 1 N–H and O–H groups in total. The van der Waals surface area contributed by atoms with Crippen LogP contribution >= 0.6 is 0 Å². The second-order valence-electron chi connectivity index (χ2n) is 3.60. The van der Waals surface area contributed by atoms with Crippen molar-refractivity contribution in [3.63, 3.8) is 0 Å². The normalized spacial score (nSPS) is 10.4. The maximum absolute atomic E-state index is 13.7. The van der Waals surface area contributed by atoms with E-state index in [9.17, 15) is 9.18 Å². The molecule has 5 heteroatoms. The summed E-state index contributed by atoms with van der Waals surface area (Å²) in [6.07, 6.45) is 1.22. The number of rotatable bonds is 2. The van der Waals surface area contributed by atoms with E-state index in [1.165, 1.54) is 12.4 Å². The molecule has 0 fully saturated rings. The summed E-state index contributed by atoms with van der Waals surface area (Å²) in [5, 5.41) is 5.99. The first-order valence-electron chi connectivity index (χ1n) is 4.76. The van der Waals surface area contributed by atoms with Crippen molar-refractivity contribution < 1.29 is 9.18 Å². The predicted octanol–water partition coefficient (Wildman–Crippen LogP) is 1.79. The number of hydrogen-bond donors (Lipinski definition) is 1. The number of aromatic nitrogens is 3. The minimum Gasteiger partial charge on any atom is -0.285 e. The van der Waals surface area contributed by atoms with E-state index >= 15 is 0 Å². The van der Waals surface area contributed by atoms with Crippen molar-refractivity contribution in [3.05, 3.63) is 46.8 Å². The summed E-state index contributed by atoms with van der Waals surface area (Å²) < 4.78 is 13.7.